The fraction of sp³-hybridized carbons (Fsp3) is 0.429. The van der Waals surface area contributed by atoms with E-state index in [0.717, 1.165) is 36.3 Å². The fourth-order valence-corrected chi connectivity index (χ4v) is 1.51. The predicted octanol–water partition coefficient (Wildman–Crippen LogP) is 1.99. The maximum atomic E-state index is 5.66. The van der Waals surface area contributed by atoms with Gasteiger partial charge in [-0.1, -0.05) is 6.07 Å². The second-order valence-corrected chi connectivity index (χ2v) is 3.68. The Morgan fingerprint density at radius 2 is 2.18 bits per heavy atom. The van der Waals surface area contributed by atoms with Crippen LogP contribution in [-0.2, 0) is 6.42 Å². The van der Waals surface area contributed by atoms with E-state index in [-0.39, 0.29) is 0 Å². The molecule has 0 heterocycles. The molecule has 0 bridgehead atoms. The van der Waals surface area contributed by atoms with Crippen molar-refractivity contribution in [2.24, 2.45) is 5.73 Å². The van der Waals surface area contributed by atoms with E-state index in [9.17, 15) is 0 Å². The zero-order valence-corrected chi connectivity index (χ0v) is 10.2. The lowest BCUT2D eigenvalue weighted by Crippen LogP contribution is -2.04. The highest BCUT2D eigenvalue weighted by atomic mass is 16.5. The molecule has 0 spiro atoms. The van der Waals surface area contributed by atoms with Crippen LogP contribution in [0.1, 0.15) is 18.4 Å². The summed E-state index contributed by atoms with van der Waals surface area (Å²) in [4.78, 5) is 0. The lowest BCUT2D eigenvalue weighted by atomic mass is 10.1. The maximum absolute atomic E-state index is 5.66. The van der Waals surface area contributed by atoms with Crippen LogP contribution in [0, 0.1) is 12.3 Å². The van der Waals surface area contributed by atoms with E-state index in [1.54, 1.807) is 7.11 Å². The molecular formula is C14H19NO2. The first-order valence-electron chi connectivity index (χ1n) is 5.75. The van der Waals surface area contributed by atoms with Gasteiger partial charge in [-0.25, -0.2) is 0 Å². The van der Waals surface area contributed by atoms with Crippen molar-refractivity contribution >= 4 is 0 Å². The Kier molecular flexibility index (Phi) is 5.98. The van der Waals surface area contributed by atoms with Crippen molar-refractivity contribution in [3.8, 4) is 23.8 Å². The number of rotatable bonds is 7. The van der Waals surface area contributed by atoms with Gasteiger partial charge in [-0.05, 0) is 37.1 Å². The Morgan fingerprint density at radius 1 is 1.35 bits per heavy atom. The van der Waals surface area contributed by atoms with Gasteiger partial charge in [0.05, 0.1) is 13.7 Å². The van der Waals surface area contributed by atoms with E-state index < -0.39 is 0 Å². The topological polar surface area (TPSA) is 44.5 Å². The van der Waals surface area contributed by atoms with Crippen LogP contribution >= 0.6 is 0 Å². The number of benzene rings is 1. The molecule has 0 aromatic heterocycles. The molecule has 17 heavy (non-hydrogen) atoms. The van der Waals surface area contributed by atoms with E-state index in [2.05, 4.69) is 5.92 Å². The van der Waals surface area contributed by atoms with E-state index >= 15 is 0 Å². The van der Waals surface area contributed by atoms with Crippen molar-refractivity contribution in [2.45, 2.75) is 19.3 Å². The lowest BCUT2D eigenvalue weighted by Gasteiger charge is -2.11. The standard InChI is InChI=1S/C14H19NO2/c1-3-4-5-10-17-14-11-12(8-9-15)6-7-13(14)16-2/h1,6-7,11H,4-5,8-10,15H2,2H3. The summed E-state index contributed by atoms with van der Waals surface area (Å²) in [5.41, 5.74) is 6.68. The molecule has 1 rings (SSSR count). The van der Waals surface area contributed by atoms with Crippen LogP contribution in [0.15, 0.2) is 18.2 Å². The number of terminal acetylenes is 1. The Labute approximate surface area is 103 Å². The molecule has 2 N–H and O–H groups in total. The second kappa shape index (κ2) is 7.59. The van der Waals surface area contributed by atoms with Gasteiger partial charge in [0.25, 0.3) is 0 Å². The Bertz CT molecular complexity index is 382. The molecule has 0 fully saturated rings. The maximum Gasteiger partial charge on any atom is 0.161 e. The second-order valence-electron chi connectivity index (χ2n) is 3.68. The van der Waals surface area contributed by atoms with Crippen LogP contribution < -0.4 is 15.2 Å². The van der Waals surface area contributed by atoms with Crippen LogP contribution in [0.2, 0.25) is 0 Å². The predicted molar refractivity (Wildman–Crippen MR) is 69.3 cm³/mol. The number of hydrogen-bond acceptors (Lipinski definition) is 3. The minimum absolute atomic E-state index is 0.604. The average Bonchev–Trinajstić information content (AvgIpc) is 2.35. The summed E-state index contributed by atoms with van der Waals surface area (Å²) < 4.78 is 10.9. The van der Waals surface area contributed by atoms with Gasteiger partial charge in [-0.3, -0.25) is 0 Å². The lowest BCUT2D eigenvalue weighted by molar-refractivity contribution is 0.290. The summed E-state index contributed by atoms with van der Waals surface area (Å²) in [6, 6.07) is 5.88. The van der Waals surface area contributed by atoms with Crippen LogP contribution in [-0.4, -0.2) is 20.3 Å². The monoisotopic (exact) mass is 233 g/mol. The molecule has 0 atom stereocenters. The van der Waals surface area contributed by atoms with Crippen molar-refractivity contribution in [3.63, 3.8) is 0 Å². The third kappa shape index (κ3) is 4.38. The van der Waals surface area contributed by atoms with Gasteiger partial charge < -0.3 is 15.2 Å². The summed E-state index contributed by atoms with van der Waals surface area (Å²) in [6.45, 7) is 1.23. The van der Waals surface area contributed by atoms with Crippen LogP contribution in [0.5, 0.6) is 11.5 Å². The largest absolute Gasteiger partial charge is 0.493 e. The molecule has 0 unspecified atom stereocenters. The van der Waals surface area contributed by atoms with Crippen molar-refractivity contribution in [3.05, 3.63) is 23.8 Å². The Balaban J connectivity index is 2.65. The van der Waals surface area contributed by atoms with Crippen LogP contribution in [0.3, 0.4) is 0 Å². The van der Waals surface area contributed by atoms with Gasteiger partial charge in [-0.2, -0.15) is 0 Å². The highest BCUT2D eigenvalue weighted by Gasteiger charge is 2.05. The molecular weight excluding hydrogens is 214 g/mol. The summed E-state index contributed by atoms with van der Waals surface area (Å²) in [6.07, 6.45) is 7.60. The molecule has 3 heteroatoms. The molecule has 0 amide bonds. The minimum Gasteiger partial charge on any atom is -0.493 e. The van der Waals surface area contributed by atoms with Gasteiger partial charge in [0.2, 0.25) is 0 Å². The normalized spacial score (nSPS) is 9.71. The van der Waals surface area contributed by atoms with E-state index in [4.69, 9.17) is 21.6 Å². The number of unbranched alkanes of at least 4 members (excludes halogenated alkanes) is 1. The first kappa shape index (κ1) is 13.4. The number of hydrogen-bond donors (Lipinski definition) is 1. The molecule has 0 aliphatic heterocycles. The molecule has 0 saturated heterocycles. The third-order valence-corrected chi connectivity index (χ3v) is 2.38. The van der Waals surface area contributed by atoms with Crippen molar-refractivity contribution in [1.82, 2.24) is 0 Å². The summed E-state index contributed by atoms with van der Waals surface area (Å²) >= 11 is 0. The fourth-order valence-electron chi connectivity index (χ4n) is 1.51. The number of nitrogens with two attached hydrogens (primary N) is 1. The molecule has 0 radical (unpaired) electrons. The van der Waals surface area contributed by atoms with Crippen LogP contribution in [0.4, 0.5) is 0 Å². The Morgan fingerprint density at radius 3 is 2.82 bits per heavy atom. The minimum atomic E-state index is 0.604. The highest BCUT2D eigenvalue weighted by Crippen LogP contribution is 2.28. The highest BCUT2D eigenvalue weighted by molar-refractivity contribution is 5.43. The van der Waals surface area contributed by atoms with Crippen molar-refractivity contribution in [2.75, 3.05) is 20.3 Å². The number of methoxy groups -OCH3 is 1. The molecule has 0 aliphatic rings. The van der Waals surface area contributed by atoms with Crippen LogP contribution in [0.25, 0.3) is 0 Å². The first-order chi connectivity index (χ1) is 8.31. The van der Waals surface area contributed by atoms with Crippen molar-refractivity contribution in [1.29, 1.82) is 0 Å². The molecule has 3 nitrogen and oxygen atoms in total. The van der Waals surface area contributed by atoms with Gasteiger partial charge >= 0.3 is 0 Å². The van der Waals surface area contributed by atoms with E-state index in [0.29, 0.717) is 13.2 Å². The number of ether oxygens (including phenoxy) is 2. The summed E-state index contributed by atoms with van der Waals surface area (Å²) in [7, 11) is 1.63. The van der Waals surface area contributed by atoms with E-state index in [1.807, 2.05) is 18.2 Å². The summed E-state index contributed by atoms with van der Waals surface area (Å²) in [5, 5.41) is 0. The SMILES string of the molecule is C#CCCCOc1cc(CCN)ccc1OC. The van der Waals surface area contributed by atoms with Gasteiger partial charge in [0.15, 0.2) is 11.5 Å². The van der Waals surface area contributed by atoms with E-state index in [1.165, 1.54) is 0 Å². The summed E-state index contributed by atoms with van der Waals surface area (Å²) in [5.74, 6) is 4.09. The zero-order valence-electron chi connectivity index (χ0n) is 10.2. The third-order valence-electron chi connectivity index (χ3n) is 2.38. The quantitative estimate of drug-likeness (QED) is 0.578. The average molecular weight is 233 g/mol. The molecule has 1 aromatic rings. The van der Waals surface area contributed by atoms with Crippen molar-refractivity contribution < 1.29 is 9.47 Å². The molecule has 0 aliphatic carbocycles. The molecule has 92 valence electrons. The molecule has 1 aromatic carbocycles. The van der Waals surface area contributed by atoms with Gasteiger partial charge in [-0.15, -0.1) is 12.3 Å². The molecule has 0 saturated carbocycles. The zero-order chi connectivity index (χ0) is 12.5. The van der Waals surface area contributed by atoms with Gasteiger partial charge in [0.1, 0.15) is 0 Å². The smallest absolute Gasteiger partial charge is 0.161 e. The Hall–Kier alpha value is -1.66. The first-order valence-corrected chi connectivity index (χ1v) is 5.75. The van der Waals surface area contributed by atoms with Gasteiger partial charge in [0, 0.05) is 6.42 Å².